The molecule has 0 radical (unpaired) electrons. The molecule has 0 spiro atoms. The number of nitrogens with one attached hydrogen (secondary N) is 1. The number of sulfonamides is 1. The Labute approximate surface area is 158 Å². The number of hydrogen-bond acceptors (Lipinski definition) is 6. The molecule has 1 N–H and O–H groups in total. The van der Waals surface area contributed by atoms with Crippen molar-refractivity contribution in [2.75, 3.05) is 19.8 Å². The highest BCUT2D eigenvalue weighted by molar-refractivity contribution is 7.89. The summed E-state index contributed by atoms with van der Waals surface area (Å²) in [5.74, 6) is 0.911. The lowest BCUT2D eigenvalue weighted by Crippen LogP contribution is -2.42. The highest BCUT2D eigenvalue weighted by Crippen LogP contribution is 2.33. The monoisotopic (exact) mass is 394 g/mol. The van der Waals surface area contributed by atoms with Crippen molar-refractivity contribution in [3.05, 3.63) is 42.4 Å². The van der Waals surface area contributed by atoms with E-state index in [1.54, 1.807) is 18.2 Å². The van der Waals surface area contributed by atoms with Crippen LogP contribution in [0.25, 0.3) is 0 Å². The quantitative estimate of drug-likeness (QED) is 0.769. The average Bonchev–Trinajstić information content (AvgIpc) is 3.13. The van der Waals surface area contributed by atoms with Gasteiger partial charge in [-0.3, -0.25) is 4.79 Å². The first kappa shape index (κ1) is 19.2. The average molecular weight is 394 g/mol. The van der Waals surface area contributed by atoms with Crippen LogP contribution < -0.4 is 14.8 Å². The van der Waals surface area contributed by atoms with E-state index in [2.05, 4.69) is 5.32 Å². The summed E-state index contributed by atoms with van der Waals surface area (Å²) in [5.41, 5.74) is 0. The Kier molecular flexibility index (Phi) is 5.71. The van der Waals surface area contributed by atoms with Gasteiger partial charge in [-0.2, -0.15) is 4.31 Å². The predicted molar refractivity (Wildman–Crippen MR) is 97.0 cm³/mol. The Morgan fingerprint density at radius 2 is 1.93 bits per heavy atom. The molecule has 0 unspecified atom stereocenters. The molecule has 9 heteroatoms. The van der Waals surface area contributed by atoms with E-state index in [1.165, 1.54) is 18.4 Å². The van der Waals surface area contributed by atoms with E-state index in [0.29, 0.717) is 30.5 Å². The molecule has 0 atom stereocenters. The van der Waals surface area contributed by atoms with E-state index < -0.39 is 15.9 Å². The molecular weight excluding hydrogens is 372 g/mol. The van der Waals surface area contributed by atoms with Crippen molar-refractivity contribution in [1.82, 2.24) is 9.62 Å². The van der Waals surface area contributed by atoms with Crippen molar-refractivity contribution >= 4 is 15.9 Å². The van der Waals surface area contributed by atoms with Gasteiger partial charge in [0.1, 0.15) is 19.0 Å². The molecule has 1 aliphatic rings. The minimum Gasteiger partial charge on any atom is -0.486 e. The number of rotatable bonds is 7. The van der Waals surface area contributed by atoms with Gasteiger partial charge in [0.25, 0.3) is 0 Å². The van der Waals surface area contributed by atoms with Crippen molar-refractivity contribution < 1.29 is 27.1 Å². The summed E-state index contributed by atoms with van der Waals surface area (Å²) in [6.07, 6.45) is 1.46. The molecule has 146 valence electrons. The normalized spacial score (nSPS) is 13.8. The zero-order valence-corrected chi connectivity index (χ0v) is 16.0. The van der Waals surface area contributed by atoms with E-state index >= 15 is 0 Å². The molecule has 27 heavy (non-hydrogen) atoms. The molecule has 1 aromatic carbocycles. The lowest BCUT2D eigenvalue weighted by atomic mass is 10.3. The second-order valence-corrected chi connectivity index (χ2v) is 8.32. The van der Waals surface area contributed by atoms with Crippen LogP contribution in [0.1, 0.15) is 19.6 Å². The number of hydrogen-bond donors (Lipinski definition) is 1. The minimum atomic E-state index is -3.96. The van der Waals surface area contributed by atoms with Gasteiger partial charge < -0.3 is 19.2 Å². The lowest BCUT2D eigenvalue weighted by molar-refractivity contribution is -0.121. The molecular formula is C18H22N2O6S. The largest absolute Gasteiger partial charge is 0.486 e. The van der Waals surface area contributed by atoms with Crippen molar-refractivity contribution in [2.24, 2.45) is 0 Å². The van der Waals surface area contributed by atoms with E-state index in [4.69, 9.17) is 13.9 Å². The zero-order chi connectivity index (χ0) is 19.4. The van der Waals surface area contributed by atoms with E-state index in [-0.39, 0.29) is 24.0 Å². The first-order valence-electron chi connectivity index (χ1n) is 8.58. The van der Waals surface area contributed by atoms with Crippen LogP contribution in [0.15, 0.2) is 45.9 Å². The number of furan rings is 1. The fraction of sp³-hybridized carbons (Fsp3) is 0.389. The van der Waals surface area contributed by atoms with Crippen LogP contribution >= 0.6 is 0 Å². The van der Waals surface area contributed by atoms with Gasteiger partial charge in [0.2, 0.25) is 15.9 Å². The molecule has 1 amide bonds. The molecule has 0 fully saturated rings. The molecule has 1 aromatic heterocycles. The SMILES string of the molecule is CC(C)NC(=O)CN(Cc1ccco1)S(=O)(=O)c1ccc2c(c1)OCCO2. The lowest BCUT2D eigenvalue weighted by Gasteiger charge is -2.23. The van der Waals surface area contributed by atoms with Gasteiger partial charge in [-0.15, -0.1) is 0 Å². The van der Waals surface area contributed by atoms with Crippen LogP contribution in [0.2, 0.25) is 0 Å². The van der Waals surface area contributed by atoms with Crippen LogP contribution in [0, 0.1) is 0 Å². The van der Waals surface area contributed by atoms with E-state index in [9.17, 15) is 13.2 Å². The molecule has 1 aliphatic heterocycles. The first-order chi connectivity index (χ1) is 12.9. The summed E-state index contributed by atoms with van der Waals surface area (Å²) in [5, 5.41) is 2.71. The highest BCUT2D eigenvalue weighted by atomic mass is 32.2. The van der Waals surface area contributed by atoms with Crippen LogP contribution in [-0.2, 0) is 21.4 Å². The second-order valence-electron chi connectivity index (χ2n) is 6.38. The fourth-order valence-electron chi connectivity index (χ4n) is 2.66. The molecule has 2 heterocycles. The summed E-state index contributed by atoms with van der Waals surface area (Å²) >= 11 is 0. The van der Waals surface area contributed by atoms with Crippen molar-refractivity contribution in [3.63, 3.8) is 0 Å². The molecule has 8 nitrogen and oxygen atoms in total. The number of fused-ring (bicyclic) bond motifs is 1. The standard InChI is InChI=1S/C18H22N2O6S/c1-13(2)19-18(21)12-20(11-14-4-3-7-24-14)27(22,23)15-5-6-16-17(10-15)26-9-8-25-16/h3-7,10,13H,8-9,11-12H2,1-2H3,(H,19,21). The van der Waals surface area contributed by atoms with Crippen LogP contribution in [0.5, 0.6) is 11.5 Å². The third kappa shape index (κ3) is 4.61. The third-order valence-corrected chi connectivity index (χ3v) is 5.62. The van der Waals surface area contributed by atoms with Gasteiger partial charge >= 0.3 is 0 Å². The first-order valence-corrected chi connectivity index (χ1v) is 10.0. The maximum absolute atomic E-state index is 13.2. The van der Waals surface area contributed by atoms with Crippen LogP contribution in [0.3, 0.4) is 0 Å². The molecule has 0 bridgehead atoms. The van der Waals surface area contributed by atoms with Gasteiger partial charge in [-0.25, -0.2) is 8.42 Å². The zero-order valence-electron chi connectivity index (χ0n) is 15.2. The Bertz CT molecular complexity index is 893. The number of ether oxygens (including phenoxy) is 2. The number of carbonyl (C=O) groups excluding carboxylic acids is 1. The summed E-state index contributed by atoms with van der Waals surface area (Å²) in [4.78, 5) is 12.2. The molecule has 3 rings (SSSR count). The minimum absolute atomic E-state index is 0.0238. The summed E-state index contributed by atoms with van der Waals surface area (Å²) < 4.78 is 43.6. The smallest absolute Gasteiger partial charge is 0.244 e. The number of carbonyl (C=O) groups is 1. The molecule has 0 saturated carbocycles. The van der Waals surface area contributed by atoms with E-state index in [0.717, 1.165) is 4.31 Å². The number of benzene rings is 1. The van der Waals surface area contributed by atoms with Gasteiger partial charge in [-0.05, 0) is 38.1 Å². The Hall–Kier alpha value is -2.52. The number of nitrogens with zero attached hydrogens (tertiary/aromatic N) is 1. The molecule has 0 saturated heterocycles. The Balaban J connectivity index is 1.90. The van der Waals surface area contributed by atoms with Crippen molar-refractivity contribution in [1.29, 1.82) is 0 Å². The third-order valence-electron chi connectivity index (χ3n) is 3.83. The predicted octanol–water partition coefficient (Wildman–Crippen LogP) is 1.77. The van der Waals surface area contributed by atoms with Gasteiger partial charge in [-0.1, -0.05) is 0 Å². The Morgan fingerprint density at radius 3 is 2.59 bits per heavy atom. The Morgan fingerprint density at radius 1 is 1.19 bits per heavy atom. The number of amides is 1. The fourth-order valence-corrected chi connectivity index (χ4v) is 4.04. The second kappa shape index (κ2) is 8.01. The molecule has 2 aromatic rings. The topological polar surface area (TPSA) is 98.1 Å². The maximum atomic E-state index is 13.2. The molecule has 0 aliphatic carbocycles. The van der Waals surface area contributed by atoms with Gasteiger partial charge in [0.15, 0.2) is 11.5 Å². The summed E-state index contributed by atoms with van der Waals surface area (Å²) in [7, 11) is -3.96. The highest BCUT2D eigenvalue weighted by Gasteiger charge is 2.29. The van der Waals surface area contributed by atoms with Crippen molar-refractivity contribution in [3.8, 4) is 11.5 Å². The summed E-state index contributed by atoms with van der Waals surface area (Å²) in [6.45, 7) is 4.00. The van der Waals surface area contributed by atoms with Gasteiger partial charge in [0.05, 0.1) is 24.2 Å². The maximum Gasteiger partial charge on any atom is 0.244 e. The van der Waals surface area contributed by atoms with Gasteiger partial charge in [0, 0.05) is 12.1 Å². The van der Waals surface area contributed by atoms with Crippen LogP contribution in [0.4, 0.5) is 0 Å². The van der Waals surface area contributed by atoms with Crippen molar-refractivity contribution in [2.45, 2.75) is 31.3 Å². The van der Waals surface area contributed by atoms with Crippen LogP contribution in [-0.4, -0.2) is 44.4 Å². The van der Waals surface area contributed by atoms with E-state index in [1.807, 2.05) is 13.8 Å². The summed E-state index contributed by atoms with van der Waals surface area (Å²) in [6, 6.07) is 7.64.